The zero-order valence-electron chi connectivity index (χ0n) is 8.42. The van der Waals surface area contributed by atoms with Crippen molar-refractivity contribution in [3.8, 4) is 0 Å². The number of nitrogens with one attached hydrogen (secondary N) is 2. The van der Waals surface area contributed by atoms with E-state index in [9.17, 15) is 0 Å². The summed E-state index contributed by atoms with van der Waals surface area (Å²) in [7, 11) is 1.66. The van der Waals surface area contributed by atoms with Crippen molar-refractivity contribution in [2.75, 3.05) is 25.6 Å². The molecule has 0 saturated heterocycles. The lowest BCUT2D eigenvalue weighted by molar-refractivity contribution is 0.204. The van der Waals surface area contributed by atoms with E-state index in [1.807, 2.05) is 24.3 Å². The SMILES string of the molecule is COCCNC(=S)Nc1ccc(I)cc1. The number of thiocarbonyl (C=S) groups is 1. The molecule has 0 unspecified atom stereocenters. The minimum Gasteiger partial charge on any atom is -0.383 e. The smallest absolute Gasteiger partial charge is 0.170 e. The first-order chi connectivity index (χ1) is 7.22. The Morgan fingerprint density at radius 2 is 2.07 bits per heavy atom. The molecule has 0 saturated carbocycles. The summed E-state index contributed by atoms with van der Waals surface area (Å²) in [5.74, 6) is 0. The lowest BCUT2D eigenvalue weighted by Gasteiger charge is -2.09. The van der Waals surface area contributed by atoms with Crippen molar-refractivity contribution in [2.45, 2.75) is 0 Å². The average molecular weight is 336 g/mol. The lowest BCUT2D eigenvalue weighted by atomic mass is 10.3. The summed E-state index contributed by atoms with van der Waals surface area (Å²) in [5.41, 5.74) is 0.991. The minimum atomic E-state index is 0.619. The molecule has 0 spiro atoms. The van der Waals surface area contributed by atoms with Crippen molar-refractivity contribution in [1.82, 2.24) is 5.32 Å². The Hall–Kier alpha value is -0.400. The molecule has 0 aliphatic carbocycles. The maximum Gasteiger partial charge on any atom is 0.170 e. The third-order valence-corrected chi connectivity index (χ3v) is 2.66. The molecule has 0 heterocycles. The van der Waals surface area contributed by atoms with Gasteiger partial charge in [0.25, 0.3) is 0 Å². The van der Waals surface area contributed by atoms with E-state index in [1.54, 1.807) is 7.11 Å². The third kappa shape index (κ3) is 5.29. The van der Waals surface area contributed by atoms with Crippen molar-refractivity contribution < 1.29 is 4.74 Å². The van der Waals surface area contributed by atoms with Gasteiger partial charge in [-0.05, 0) is 59.1 Å². The summed E-state index contributed by atoms with van der Waals surface area (Å²) in [4.78, 5) is 0. The molecule has 0 atom stereocenters. The normalized spacial score (nSPS) is 9.73. The van der Waals surface area contributed by atoms with Crippen LogP contribution in [0.2, 0.25) is 0 Å². The number of rotatable bonds is 4. The molecular weight excluding hydrogens is 323 g/mol. The molecule has 0 aliphatic rings. The van der Waals surface area contributed by atoms with E-state index < -0.39 is 0 Å². The highest BCUT2D eigenvalue weighted by Gasteiger charge is 1.96. The van der Waals surface area contributed by atoms with Gasteiger partial charge in [0.05, 0.1) is 6.61 Å². The fourth-order valence-electron chi connectivity index (χ4n) is 0.975. The van der Waals surface area contributed by atoms with Gasteiger partial charge < -0.3 is 15.4 Å². The highest BCUT2D eigenvalue weighted by atomic mass is 127. The van der Waals surface area contributed by atoms with Crippen LogP contribution in [0.4, 0.5) is 5.69 Å². The predicted molar refractivity (Wildman–Crippen MR) is 75.3 cm³/mol. The Morgan fingerprint density at radius 1 is 1.40 bits per heavy atom. The first kappa shape index (κ1) is 12.7. The van der Waals surface area contributed by atoms with Gasteiger partial charge in [-0.15, -0.1) is 0 Å². The van der Waals surface area contributed by atoms with Gasteiger partial charge in [0.1, 0.15) is 0 Å². The summed E-state index contributed by atoms with van der Waals surface area (Å²) in [6.45, 7) is 1.36. The Morgan fingerprint density at radius 3 is 2.67 bits per heavy atom. The summed E-state index contributed by atoms with van der Waals surface area (Å²) in [5, 5.41) is 6.75. The summed E-state index contributed by atoms with van der Waals surface area (Å²) in [6, 6.07) is 8.04. The van der Waals surface area contributed by atoms with E-state index in [2.05, 4.69) is 33.2 Å². The monoisotopic (exact) mass is 336 g/mol. The van der Waals surface area contributed by atoms with Crippen molar-refractivity contribution in [1.29, 1.82) is 0 Å². The molecule has 3 nitrogen and oxygen atoms in total. The summed E-state index contributed by atoms with van der Waals surface area (Å²) >= 11 is 7.37. The quantitative estimate of drug-likeness (QED) is 0.502. The third-order valence-electron chi connectivity index (χ3n) is 1.69. The zero-order valence-corrected chi connectivity index (χ0v) is 11.4. The molecule has 2 N–H and O–H groups in total. The fourth-order valence-corrected chi connectivity index (χ4v) is 1.55. The number of methoxy groups -OCH3 is 1. The molecule has 15 heavy (non-hydrogen) atoms. The molecule has 0 aliphatic heterocycles. The number of anilines is 1. The number of hydrogen-bond acceptors (Lipinski definition) is 2. The van der Waals surface area contributed by atoms with Gasteiger partial charge in [0.2, 0.25) is 0 Å². The maximum absolute atomic E-state index is 5.10. The van der Waals surface area contributed by atoms with E-state index in [4.69, 9.17) is 17.0 Å². The molecule has 5 heteroatoms. The Kier molecular flexibility index (Phi) is 5.89. The molecule has 1 rings (SSSR count). The van der Waals surface area contributed by atoms with Crippen molar-refractivity contribution >= 4 is 45.6 Å². The van der Waals surface area contributed by atoms with E-state index in [-0.39, 0.29) is 0 Å². The van der Waals surface area contributed by atoms with Crippen LogP contribution in [0.25, 0.3) is 0 Å². The number of hydrogen-bond donors (Lipinski definition) is 2. The van der Waals surface area contributed by atoms with Crippen LogP contribution in [0.1, 0.15) is 0 Å². The van der Waals surface area contributed by atoms with Gasteiger partial charge in [-0.2, -0.15) is 0 Å². The van der Waals surface area contributed by atoms with E-state index in [1.165, 1.54) is 3.57 Å². The van der Waals surface area contributed by atoms with E-state index >= 15 is 0 Å². The standard InChI is InChI=1S/C10H13IN2OS/c1-14-7-6-12-10(15)13-9-4-2-8(11)3-5-9/h2-5H,6-7H2,1H3,(H2,12,13,15). The lowest BCUT2D eigenvalue weighted by Crippen LogP contribution is -2.31. The molecule has 0 aromatic heterocycles. The van der Waals surface area contributed by atoms with Crippen LogP contribution >= 0.6 is 34.8 Å². The Bertz CT molecular complexity index is 316. The predicted octanol–water partition coefficient (Wildman–Crippen LogP) is 2.22. The van der Waals surface area contributed by atoms with Gasteiger partial charge >= 0.3 is 0 Å². The van der Waals surface area contributed by atoms with Crippen LogP contribution in [0.15, 0.2) is 24.3 Å². The van der Waals surface area contributed by atoms with Gasteiger partial charge in [-0.25, -0.2) is 0 Å². The second-order valence-electron chi connectivity index (χ2n) is 2.88. The molecule has 0 radical (unpaired) electrons. The van der Waals surface area contributed by atoms with Crippen LogP contribution in [-0.4, -0.2) is 25.4 Å². The van der Waals surface area contributed by atoms with Crippen LogP contribution in [0.3, 0.4) is 0 Å². The first-order valence-corrected chi connectivity index (χ1v) is 6.00. The summed E-state index contributed by atoms with van der Waals surface area (Å²) < 4.78 is 6.11. The highest BCUT2D eigenvalue weighted by molar-refractivity contribution is 14.1. The maximum atomic E-state index is 5.10. The first-order valence-electron chi connectivity index (χ1n) is 4.51. The topological polar surface area (TPSA) is 33.3 Å². The molecule has 0 bridgehead atoms. The Balaban J connectivity index is 2.34. The van der Waals surface area contributed by atoms with Crippen LogP contribution < -0.4 is 10.6 Å². The highest BCUT2D eigenvalue weighted by Crippen LogP contribution is 2.10. The summed E-state index contributed by atoms with van der Waals surface area (Å²) in [6.07, 6.45) is 0. The fraction of sp³-hybridized carbons (Fsp3) is 0.300. The Labute approximate surface area is 109 Å². The molecule has 1 aromatic rings. The molecule has 82 valence electrons. The average Bonchev–Trinajstić information content (AvgIpc) is 2.22. The minimum absolute atomic E-state index is 0.619. The molecular formula is C10H13IN2OS. The van der Waals surface area contributed by atoms with Crippen LogP contribution in [0, 0.1) is 3.57 Å². The van der Waals surface area contributed by atoms with Crippen LogP contribution in [0.5, 0.6) is 0 Å². The molecule has 1 aromatic carbocycles. The van der Waals surface area contributed by atoms with E-state index in [0.29, 0.717) is 18.3 Å². The van der Waals surface area contributed by atoms with Gasteiger partial charge in [0, 0.05) is 22.9 Å². The number of ether oxygens (including phenoxy) is 1. The zero-order chi connectivity index (χ0) is 11.1. The second-order valence-corrected chi connectivity index (χ2v) is 4.53. The van der Waals surface area contributed by atoms with Crippen molar-refractivity contribution in [2.24, 2.45) is 0 Å². The second kappa shape index (κ2) is 6.97. The van der Waals surface area contributed by atoms with Gasteiger partial charge in [0.15, 0.2) is 5.11 Å². The van der Waals surface area contributed by atoms with Crippen molar-refractivity contribution in [3.63, 3.8) is 0 Å². The molecule has 0 amide bonds. The van der Waals surface area contributed by atoms with Crippen molar-refractivity contribution in [3.05, 3.63) is 27.8 Å². The largest absolute Gasteiger partial charge is 0.383 e. The van der Waals surface area contributed by atoms with E-state index in [0.717, 1.165) is 5.69 Å². The number of halogens is 1. The van der Waals surface area contributed by atoms with Gasteiger partial charge in [-0.1, -0.05) is 0 Å². The number of benzene rings is 1. The van der Waals surface area contributed by atoms with Crippen LogP contribution in [-0.2, 0) is 4.74 Å². The molecule has 0 fully saturated rings. The van der Waals surface area contributed by atoms with Gasteiger partial charge in [-0.3, -0.25) is 0 Å².